The van der Waals surface area contributed by atoms with Crippen molar-refractivity contribution in [3.8, 4) is 0 Å². The van der Waals surface area contributed by atoms with Gasteiger partial charge in [-0.05, 0) is 23.1 Å². The lowest BCUT2D eigenvalue weighted by Crippen LogP contribution is -2.56. The van der Waals surface area contributed by atoms with Gasteiger partial charge in [0.15, 0.2) is 6.10 Å². The molecule has 9 heteroatoms. The van der Waals surface area contributed by atoms with Crippen molar-refractivity contribution in [2.24, 2.45) is 5.41 Å². The number of fused-ring (bicyclic) bond motifs is 1. The second-order valence-corrected chi connectivity index (χ2v) is 11.2. The van der Waals surface area contributed by atoms with E-state index in [1.54, 1.807) is 11.0 Å². The summed E-state index contributed by atoms with van der Waals surface area (Å²) in [6, 6.07) is 16.2. The number of hydrogen-bond donors (Lipinski definition) is 4. The first-order chi connectivity index (χ1) is 17.5. The highest BCUT2D eigenvalue weighted by Crippen LogP contribution is 2.35. The lowest BCUT2D eigenvalue weighted by molar-refractivity contribution is -0.150. The molecule has 4 N–H and O–H groups in total. The lowest BCUT2D eigenvalue weighted by Gasteiger charge is -2.29. The average molecular weight is 529 g/mol. The van der Waals surface area contributed by atoms with Crippen molar-refractivity contribution >= 4 is 29.3 Å². The maximum absolute atomic E-state index is 13.6. The molecule has 37 heavy (non-hydrogen) atoms. The predicted octanol–water partition coefficient (Wildman–Crippen LogP) is 2.51. The van der Waals surface area contributed by atoms with E-state index in [1.165, 1.54) is 24.9 Å². The van der Waals surface area contributed by atoms with E-state index in [0.717, 1.165) is 16.1 Å². The summed E-state index contributed by atoms with van der Waals surface area (Å²) in [7, 11) is 1.22. The van der Waals surface area contributed by atoms with E-state index in [2.05, 4.69) is 5.32 Å². The van der Waals surface area contributed by atoms with Crippen molar-refractivity contribution in [3.63, 3.8) is 0 Å². The fourth-order valence-corrected chi connectivity index (χ4v) is 5.00. The van der Waals surface area contributed by atoms with Gasteiger partial charge in [-0.2, -0.15) is 0 Å². The monoisotopic (exact) mass is 528 g/mol. The zero-order chi connectivity index (χ0) is 27.2. The molecule has 0 bridgehead atoms. The van der Waals surface area contributed by atoms with Gasteiger partial charge in [0.2, 0.25) is 0 Å². The van der Waals surface area contributed by atoms with Crippen LogP contribution in [0.4, 0.5) is 5.69 Å². The number of carbonyl (C=O) groups is 2. The summed E-state index contributed by atoms with van der Waals surface area (Å²) < 4.78 is 5.19. The molecule has 0 fully saturated rings. The SMILES string of the molecule is CO[C@H](C(=O)N[C@@H]1CSc2ccccc2N(Cc2ccccc2)C1=O)[C@H](O)[C@@H](O)[C@@H](O)/C=C/C(C)(C)C. The largest absolute Gasteiger partial charge is 0.387 e. The predicted molar refractivity (Wildman–Crippen MR) is 144 cm³/mol. The second kappa shape index (κ2) is 12.7. The van der Waals surface area contributed by atoms with Crippen LogP contribution in [0.3, 0.4) is 0 Å². The maximum Gasteiger partial charge on any atom is 0.252 e. The Labute approximate surface area is 222 Å². The molecule has 8 nitrogen and oxygen atoms in total. The molecule has 1 aliphatic rings. The molecule has 0 unspecified atom stereocenters. The minimum atomic E-state index is -1.73. The van der Waals surface area contributed by atoms with Gasteiger partial charge in [0.1, 0.15) is 24.4 Å². The Hall–Kier alpha value is -2.69. The van der Waals surface area contributed by atoms with E-state index in [4.69, 9.17) is 4.74 Å². The summed E-state index contributed by atoms with van der Waals surface area (Å²) in [5.41, 5.74) is 1.45. The summed E-state index contributed by atoms with van der Waals surface area (Å²) in [5.74, 6) is -0.780. The molecule has 0 saturated carbocycles. The Bertz CT molecular complexity index is 1090. The number of nitrogens with one attached hydrogen (secondary N) is 1. The van der Waals surface area contributed by atoms with Gasteiger partial charge in [-0.3, -0.25) is 9.59 Å². The minimum Gasteiger partial charge on any atom is -0.387 e. The number of hydrogen-bond acceptors (Lipinski definition) is 7. The third kappa shape index (κ3) is 7.66. The van der Waals surface area contributed by atoms with Crippen LogP contribution in [0.1, 0.15) is 26.3 Å². The van der Waals surface area contributed by atoms with E-state index in [1.807, 2.05) is 75.4 Å². The van der Waals surface area contributed by atoms with Gasteiger partial charge in [0, 0.05) is 17.8 Å². The Morgan fingerprint density at radius 1 is 1.11 bits per heavy atom. The Balaban J connectivity index is 1.77. The van der Waals surface area contributed by atoms with E-state index in [0.29, 0.717) is 6.54 Å². The summed E-state index contributed by atoms with van der Waals surface area (Å²) in [5, 5.41) is 34.1. The molecule has 0 aromatic heterocycles. The third-order valence-corrected chi connectivity index (χ3v) is 7.10. The highest BCUT2D eigenvalue weighted by Gasteiger charge is 2.38. The van der Waals surface area contributed by atoms with Gasteiger partial charge < -0.3 is 30.3 Å². The van der Waals surface area contributed by atoms with Crippen molar-refractivity contribution in [3.05, 3.63) is 72.3 Å². The Morgan fingerprint density at radius 2 is 1.76 bits per heavy atom. The van der Waals surface area contributed by atoms with Crippen LogP contribution < -0.4 is 10.2 Å². The molecule has 1 heterocycles. The lowest BCUT2D eigenvalue weighted by atomic mass is 9.94. The number of amides is 2. The van der Waals surface area contributed by atoms with Crippen LogP contribution in [0.5, 0.6) is 0 Å². The van der Waals surface area contributed by atoms with Gasteiger partial charge in [-0.25, -0.2) is 0 Å². The van der Waals surface area contributed by atoms with Crippen molar-refractivity contribution in [2.45, 2.75) is 62.7 Å². The van der Waals surface area contributed by atoms with Crippen molar-refractivity contribution in [1.29, 1.82) is 0 Å². The van der Waals surface area contributed by atoms with E-state index < -0.39 is 36.4 Å². The van der Waals surface area contributed by atoms with Crippen LogP contribution in [-0.4, -0.2) is 70.5 Å². The number of rotatable bonds is 9. The Morgan fingerprint density at radius 3 is 2.41 bits per heavy atom. The number of aliphatic hydroxyl groups is 3. The van der Waals surface area contributed by atoms with Gasteiger partial charge in [0.25, 0.3) is 11.8 Å². The zero-order valence-electron chi connectivity index (χ0n) is 21.6. The molecule has 5 atom stereocenters. The Kier molecular flexibility index (Phi) is 9.92. The molecule has 0 radical (unpaired) electrons. The number of aliphatic hydroxyl groups excluding tert-OH is 3. The highest BCUT2D eigenvalue weighted by molar-refractivity contribution is 7.99. The summed E-state index contributed by atoms with van der Waals surface area (Å²) in [6.45, 7) is 6.09. The molecule has 200 valence electrons. The highest BCUT2D eigenvalue weighted by atomic mass is 32.2. The summed E-state index contributed by atoms with van der Waals surface area (Å²) in [6.07, 6.45) is -3.23. The van der Waals surface area contributed by atoms with E-state index >= 15 is 0 Å². The van der Waals surface area contributed by atoms with Gasteiger partial charge >= 0.3 is 0 Å². The number of anilines is 1. The average Bonchev–Trinajstić information content (AvgIpc) is 2.99. The summed E-state index contributed by atoms with van der Waals surface area (Å²) in [4.78, 5) is 29.3. The van der Waals surface area contributed by atoms with Crippen LogP contribution in [0, 0.1) is 5.41 Å². The van der Waals surface area contributed by atoms with Crippen molar-refractivity contribution in [2.75, 3.05) is 17.8 Å². The number of para-hydroxylation sites is 1. The van der Waals surface area contributed by atoms with E-state index in [-0.39, 0.29) is 17.1 Å². The molecular formula is C28H36N2O6S. The van der Waals surface area contributed by atoms with E-state index in [9.17, 15) is 24.9 Å². The molecule has 2 aromatic rings. The molecular weight excluding hydrogens is 492 g/mol. The van der Waals surface area contributed by atoms with Crippen LogP contribution in [0.25, 0.3) is 0 Å². The number of benzene rings is 2. The van der Waals surface area contributed by atoms with Gasteiger partial charge in [0.05, 0.1) is 12.2 Å². The van der Waals surface area contributed by atoms with Gasteiger partial charge in [-0.1, -0.05) is 75.4 Å². The standard InChI is InChI=1S/C28H36N2O6S/c1-28(2,3)15-14-21(31)23(32)24(33)25(36-4)26(34)29-19-17-37-22-13-9-8-12-20(22)30(27(19)35)16-18-10-6-5-7-11-18/h5-15,19,21,23-25,31-33H,16-17H2,1-4H3,(H,29,34)/b15-14+/t19-,21+,23+,24-,25+/m1/s1. The molecule has 0 aliphatic carbocycles. The quantitative estimate of drug-likeness (QED) is 0.369. The smallest absolute Gasteiger partial charge is 0.252 e. The van der Waals surface area contributed by atoms with Gasteiger partial charge in [-0.15, -0.1) is 11.8 Å². The number of ether oxygens (including phenoxy) is 1. The second-order valence-electron chi connectivity index (χ2n) is 10.1. The van der Waals surface area contributed by atoms with Crippen LogP contribution in [0.15, 0.2) is 71.6 Å². The fourth-order valence-electron chi connectivity index (χ4n) is 3.92. The first-order valence-electron chi connectivity index (χ1n) is 12.2. The fraction of sp³-hybridized carbons (Fsp3) is 0.429. The van der Waals surface area contributed by atoms with Crippen molar-refractivity contribution < 1.29 is 29.6 Å². The van der Waals surface area contributed by atoms with Crippen LogP contribution >= 0.6 is 11.8 Å². The normalized spacial score (nSPS) is 19.6. The number of nitrogens with zero attached hydrogens (tertiary/aromatic N) is 1. The maximum atomic E-state index is 13.6. The topological polar surface area (TPSA) is 119 Å². The number of thioether (sulfide) groups is 1. The number of allylic oxidation sites excluding steroid dienone is 1. The van der Waals surface area contributed by atoms with Crippen LogP contribution in [-0.2, 0) is 20.9 Å². The molecule has 2 aromatic carbocycles. The molecule has 3 rings (SSSR count). The zero-order valence-corrected chi connectivity index (χ0v) is 22.4. The number of carbonyl (C=O) groups excluding carboxylic acids is 2. The van der Waals surface area contributed by atoms with Crippen LogP contribution in [0.2, 0.25) is 0 Å². The third-order valence-electron chi connectivity index (χ3n) is 5.94. The summed E-state index contributed by atoms with van der Waals surface area (Å²) >= 11 is 1.45. The molecule has 2 amide bonds. The number of methoxy groups -OCH3 is 1. The minimum absolute atomic E-state index is 0.246. The molecule has 0 saturated heterocycles. The first-order valence-corrected chi connectivity index (χ1v) is 13.1. The van der Waals surface area contributed by atoms with Crippen molar-refractivity contribution in [1.82, 2.24) is 5.32 Å². The molecule has 0 spiro atoms. The molecule has 1 aliphatic heterocycles. The first kappa shape index (κ1) is 28.9.